The van der Waals surface area contributed by atoms with E-state index in [1.54, 1.807) is 11.0 Å². The Morgan fingerprint density at radius 2 is 1.84 bits per heavy atom. The summed E-state index contributed by atoms with van der Waals surface area (Å²) in [4.78, 5) is 30.1. The van der Waals surface area contributed by atoms with Crippen LogP contribution in [0.1, 0.15) is 23.2 Å². The molecule has 1 aliphatic rings. The van der Waals surface area contributed by atoms with Crippen LogP contribution < -0.4 is 10.3 Å². The Labute approximate surface area is 179 Å². The average molecular weight is 445 g/mol. The van der Waals surface area contributed by atoms with Crippen LogP contribution in [0.15, 0.2) is 46.9 Å². The molecule has 1 aromatic carbocycles. The number of anilines is 1. The van der Waals surface area contributed by atoms with Crippen LogP contribution in [0.4, 0.5) is 19.0 Å². The first kappa shape index (κ1) is 21.6. The fraction of sp³-hybridized carbons (Fsp3) is 0.227. The van der Waals surface area contributed by atoms with Gasteiger partial charge >= 0.3 is 5.97 Å². The van der Waals surface area contributed by atoms with Crippen molar-refractivity contribution in [3.8, 4) is 5.69 Å². The molecule has 10 heteroatoms. The molecule has 3 heterocycles. The zero-order chi connectivity index (χ0) is 23.0. The Morgan fingerprint density at radius 3 is 2.47 bits per heavy atom. The molecule has 0 aliphatic carbocycles. The van der Waals surface area contributed by atoms with E-state index >= 15 is 0 Å². The van der Waals surface area contributed by atoms with Gasteiger partial charge in [-0.25, -0.2) is 22.9 Å². The van der Waals surface area contributed by atoms with Gasteiger partial charge in [0, 0.05) is 25.4 Å². The molecule has 4 rings (SSSR count). The molecule has 0 bridgehead atoms. The minimum absolute atomic E-state index is 0.0701. The van der Waals surface area contributed by atoms with Crippen molar-refractivity contribution < 1.29 is 28.2 Å². The molecule has 0 unspecified atom stereocenters. The zero-order valence-electron chi connectivity index (χ0n) is 16.7. The van der Waals surface area contributed by atoms with Crippen LogP contribution in [0.3, 0.4) is 0 Å². The number of piperidine rings is 1. The third kappa shape index (κ3) is 3.84. The number of halogens is 3. The summed E-state index contributed by atoms with van der Waals surface area (Å²) in [6, 6.07) is 3.57. The molecule has 7 nitrogen and oxygen atoms in total. The van der Waals surface area contributed by atoms with Crippen LogP contribution in [-0.4, -0.2) is 45.4 Å². The third-order valence-corrected chi connectivity index (χ3v) is 5.40. The van der Waals surface area contributed by atoms with Gasteiger partial charge in [0.05, 0.1) is 17.7 Å². The summed E-state index contributed by atoms with van der Waals surface area (Å²) >= 11 is 0. The van der Waals surface area contributed by atoms with Gasteiger partial charge in [0.25, 0.3) is 0 Å². The molecule has 3 aromatic rings. The first-order chi connectivity index (χ1) is 15.3. The topological polar surface area (TPSA) is 95.7 Å². The number of aromatic nitrogens is 2. The number of rotatable bonds is 4. The Kier molecular flexibility index (Phi) is 5.70. The second-order valence-electron chi connectivity index (χ2n) is 7.34. The number of aliphatic hydroxyl groups is 1. The van der Waals surface area contributed by atoms with Crippen molar-refractivity contribution in [3.63, 3.8) is 0 Å². The van der Waals surface area contributed by atoms with Crippen LogP contribution in [-0.2, 0) is 0 Å². The third-order valence-electron chi connectivity index (χ3n) is 5.40. The number of carbonyl (C=O) groups is 1. The average Bonchev–Trinajstić information content (AvgIpc) is 2.75. The maximum atomic E-state index is 15.0. The molecule has 0 atom stereocenters. The molecule has 166 valence electrons. The van der Waals surface area contributed by atoms with Crippen LogP contribution >= 0.6 is 0 Å². The fourth-order valence-electron chi connectivity index (χ4n) is 3.79. The molecular weight excluding hydrogens is 427 g/mol. The second-order valence-corrected chi connectivity index (χ2v) is 7.34. The number of carboxylic acid groups (broad SMARTS) is 1. The highest BCUT2D eigenvalue weighted by molar-refractivity contribution is 5.92. The van der Waals surface area contributed by atoms with Crippen LogP contribution in [0, 0.1) is 17.5 Å². The van der Waals surface area contributed by atoms with E-state index in [4.69, 9.17) is 5.11 Å². The SMILES string of the molecule is O=C(O)c1cn(-c2ccc(F)cc2F)c2nc(N3CCC(=CCO)CC3)c(F)cc2c1=O. The molecule has 2 N–H and O–H groups in total. The number of fused-ring (bicyclic) bond motifs is 1. The van der Waals surface area contributed by atoms with E-state index in [-0.39, 0.29) is 29.1 Å². The van der Waals surface area contributed by atoms with E-state index in [0.29, 0.717) is 32.0 Å². The van der Waals surface area contributed by atoms with Gasteiger partial charge in [0.2, 0.25) is 5.43 Å². The standard InChI is InChI=1S/C22H18F3N3O4/c23-13-1-2-18(16(24)9-13)28-11-15(22(31)32)19(30)14-10-17(25)21(26-20(14)28)27-6-3-12(4-7-27)5-8-29/h1-2,5,9-11,29H,3-4,6-8H2,(H,31,32). The summed E-state index contributed by atoms with van der Waals surface area (Å²) in [6.45, 7) is 0.729. The molecular formula is C22H18F3N3O4. The maximum Gasteiger partial charge on any atom is 0.341 e. The highest BCUT2D eigenvalue weighted by Crippen LogP contribution is 2.27. The molecule has 0 radical (unpaired) electrons. The number of nitrogens with zero attached hydrogens (tertiary/aromatic N) is 3. The van der Waals surface area contributed by atoms with Gasteiger partial charge in [0.15, 0.2) is 17.3 Å². The van der Waals surface area contributed by atoms with E-state index in [1.165, 1.54) is 0 Å². The smallest absolute Gasteiger partial charge is 0.341 e. The van der Waals surface area contributed by atoms with Crippen molar-refractivity contribution in [1.29, 1.82) is 0 Å². The summed E-state index contributed by atoms with van der Waals surface area (Å²) in [5.74, 6) is -4.31. The quantitative estimate of drug-likeness (QED) is 0.600. The fourth-order valence-corrected chi connectivity index (χ4v) is 3.79. The number of benzene rings is 1. The Morgan fingerprint density at radius 1 is 1.12 bits per heavy atom. The van der Waals surface area contributed by atoms with E-state index in [0.717, 1.165) is 34.5 Å². The highest BCUT2D eigenvalue weighted by Gasteiger charge is 2.24. The lowest BCUT2D eigenvalue weighted by molar-refractivity contribution is 0.0695. The highest BCUT2D eigenvalue weighted by atomic mass is 19.1. The number of aliphatic hydroxyl groups excluding tert-OH is 1. The minimum Gasteiger partial charge on any atom is -0.477 e. The van der Waals surface area contributed by atoms with Crippen LogP contribution in [0.2, 0.25) is 0 Å². The number of hydrogen-bond acceptors (Lipinski definition) is 5. The molecule has 0 spiro atoms. The van der Waals surface area contributed by atoms with E-state index in [9.17, 15) is 27.9 Å². The maximum absolute atomic E-state index is 15.0. The van der Waals surface area contributed by atoms with Gasteiger partial charge in [-0.1, -0.05) is 11.6 Å². The van der Waals surface area contributed by atoms with Gasteiger partial charge in [-0.2, -0.15) is 0 Å². The molecule has 0 saturated carbocycles. The number of carboxylic acids is 1. The lowest BCUT2D eigenvalue weighted by atomic mass is 10.0. The summed E-state index contributed by atoms with van der Waals surface area (Å²) in [5, 5.41) is 18.1. The van der Waals surface area contributed by atoms with Gasteiger partial charge < -0.3 is 15.1 Å². The Hall–Kier alpha value is -3.66. The van der Waals surface area contributed by atoms with E-state index in [1.807, 2.05) is 0 Å². The van der Waals surface area contributed by atoms with Gasteiger partial charge in [-0.3, -0.25) is 9.36 Å². The predicted molar refractivity (Wildman–Crippen MR) is 111 cm³/mol. The zero-order valence-corrected chi connectivity index (χ0v) is 16.7. The van der Waals surface area contributed by atoms with Crippen molar-refractivity contribution >= 4 is 22.8 Å². The minimum atomic E-state index is -1.57. The summed E-state index contributed by atoms with van der Waals surface area (Å²) in [7, 11) is 0. The molecule has 32 heavy (non-hydrogen) atoms. The van der Waals surface area contributed by atoms with E-state index in [2.05, 4.69) is 4.98 Å². The second kappa shape index (κ2) is 8.46. The predicted octanol–water partition coefficient (Wildman–Crippen LogP) is 3.02. The van der Waals surface area contributed by atoms with Crippen LogP contribution in [0.25, 0.3) is 16.7 Å². The summed E-state index contributed by atoms with van der Waals surface area (Å²) in [5.41, 5.74) is -1.03. The molecule has 1 fully saturated rings. The Balaban J connectivity index is 1.93. The molecule has 2 aromatic heterocycles. The first-order valence-corrected chi connectivity index (χ1v) is 9.78. The van der Waals surface area contributed by atoms with E-state index < -0.39 is 34.4 Å². The largest absolute Gasteiger partial charge is 0.477 e. The van der Waals surface area contributed by atoms with Crippen LogP contribution in [0.5, 0.6) is 0 Å². The molecule has 1 saturated heterocycles. The van der Waals surface area contributed by atoms with Crippen molar-refractivity contribution in [3.05, 3.63) is 75.3 Å². The summed E-state index contributed by atoms with van der Waals surface area (Å²) in [6.07, 6.45) is 3.76. The van der Waals surface area contributed by atoms with Crippen molar-refractivity contribution in [1.82, 2.24) is 9.55 Å². The lowest BCUT2D eigenvalue weighted by Gasteiger charge is -2.30. The Bertz CT molecular complexity index is 1310. The van der Waals surface area contributed by atoms with Gasteiger partial charge in [0.1, 0.15) is 17.2 Å². The molecule has 0 amide bonds. The number of pyridine rings is 2. The van der Waals surface area contributed by atoms with Crippen molar-refractivity contribution in [2.75, 3.05) is 24.6 Å². The lowest BCUT2D eigenvalue weighted by Crippen LogP contribution is -2.32. The van der Waals surface area contributed by atoms with Crippen molar-refractivity contribution in [2.45, 2.75) is 12.8 Å². The van der Waals surface area contributed by atoms with Gasteiger partial charge in [-0.05, 0) is 31.0 Å². The monoisotopic (exact) mass is 445 g/mol. The number of hydrogen-bond donors (Lipinski definition) is 2. The first-order valence-electron chi connectivity index (χ1n) is 9.78. The van der Waals surface area contributed by atoms with Crippen molar-refractivity contribution in [2.24, 2.45) is 0 Å². The normalized spacial score (nSPS) is 14.1. The number of aromatic carboxylic acids is 1. The summed E-state index contributed by atoms with van der Waals surface area (Å²) < 4.78 is 43.9. The molecule has 1 aliphatic heterocycles. The van der Waals surface area contributed by atoms with Gasteiger partial charge in [-0.15, -0.1) is 0 Å².